The van der Waals surface area contributed by atoms with E-state index in [2.05, 4.69) is 11.4 Å². The Morgan fingerprint density at radius 3 is 2.89 bits per heavy atom. The highest BCUT2D eigenvalue weighted by Gasteiger charge is 2.21. The van der Waals surface area contributed by atoms with Crippen LogP contribution in [-0.2, 0) is 11.3 Å². The summed E-state index contributed by atoms with van der Waals surface area (Å²) in [6.07, 6.45) is 3.47. The number of likely N-dealkylation sites (tertiary alicyclic amines) is 1. The number of hydrogen-bond donors (Lipinski definition) is 1. The van der Waals surface area contributed by atoms with E-state index in [-0.39, 0.29) is 11.9 Å². The molecular formula is C14H19N3OS. The maximum Gasteiger partial charge on any atom is 0.239 e. The SMILES string of the molecule is CC(NCc1cc(C#N)cs1)C(=O)N1CCCCC1. The van der Waals surface area contributed by atoms with E-state index in [1.807, 2.05) is 23.3 Å². The van der Waals surface area contributed by atoms with Gasteiger partial charge in [-0.25, -0.2) is 0 Å². The molecule has 1 saturated heterocycles. The predicted molar refractivity (Wildman–Crippen MR) is 75.8 cm³/mol. The lowest BCUT2D eigenvalue weighted by Gasteiger charge is -2.29. The molecule has 0 spiro atoms. The van der Waals surface area contributed by atoms with Gasteiger partial charge in [0, 0.05) is 29.9 Å². The van der Waals surface area contributed by atoms with Gasteiger partial charge >= 0.3 is 0 Å². The zero-order chi connectivity index (χ0) is 13.7. The van der Waals surface area contributed by atoms with E-state index in [0.29, 0.717) is 12.1 Å². The van der Waals surface area contributed by atoms with Crippen LogP contribution in [0.3, 0.4) is 0 Å². The first-order valence-corrected chi connectivity index (χ1v) is 7.58. The van der Waals surface area contributed by atoms with Crippen LogP contribution in [0.1, 0.15) is 36.6 Å². The number of nitrogens with one attached hydrogen (secondary N) is 1. The molecule has 1 aromatic rings. The van der Waals surface area contributed by atoms with Gasteiger partial charge in [-0.1, -0.05) is 0 Å². The molecule has 1 aromatic heterocycles. The Bertz CT molecular complexity index is 471. The van der Waals surface area contributed by atoms with Crippen molar-refractivity contribution in [1.82, 2.24) is 10.2 Å². The average molecular weight is 277 g/mol. The zero-order valence-corrected chi connectivity index (χ0v) is 12.0. The fourth-order valence-corrected chi connectivity index (χ4v) is 3.02. The molecule has 0 radical (unpaired) electrons. The number of carbonyl (C=O) groups excluding carboxylic acids is 1. The Labute approximate surface area is 118 Å². The van der Waals surface area contributed by atoms with Crippen LogP contribution in [0.15, 0.2) is 11.4 Å². The zero-order valence-electron chi connectivity index (χ0n) is 11.2. The van der Waals surface area contributed by atoms with Gasteiger partial charge in [-0.2, -0.15) is 5.26 Å². The fraction of sp³-hybridized carbons (Fsp3) is 0.571. The molecule has 2 heterocycles. The summed E-state index contributed by atoms with van der Waals surface area (Å²) in [5.74, 6) is 0.191. The smallest absolute Gasteiger partial charge is 0.239 e. The molecule has 0 saturated carbocycles. The van der Waals surface area contributed by atoms with Crippen molar-refractivity contribution in [3.05, 3.63) is 21.9 Å². The minimum absolute atomic E-state index is 0.161. The van der Waals surface area contributed by atoms with Gasteiger partial charge in [-0.05, 0) is 32.3 Å². The molecule has 0 aromatic carbocycles. The molecule has 1 aliphatic heterocycles. The Morgan fingerprint density at radius 1 is 1.53 bits per heavy atom. The van der Waals surface area contributed by atoms with Gasteiger partial charge in [-0.3, -0.25) is 4.79 Å². The molecule has 1 atom stereocenters. The molecule has 0 bridgehead atoms. The molecule has 1 N–H and O–H groups in total. The summed E-state index contributed by atoms with van der Waals surface area (Å²) in [6, 6.07) is 3.83. The van der Waals surface area contributed by atoms with Crippen molar-refractivity contribution in [1.29, 1.82) is 5.26 Å². The van der Waals surface area contributed by atoms with Crippen molar-refractivity contribution in [3.8, 4) is 6.07 Å². The maximum absolute atomic E-state index is 12.2. The second kappa shape index (κ2) is 6.69. The summed E-state index contributed by atoms with van der Waals surface area (Å²) in [5, 5.41) is 13.8. The molecule has 19 heavy (non-hydrogen) atoms. The molecule has 102 valence electrons. The summed E-state index contributed by atoms with van der Waals surface area (Å²) in [6.45, 7) is 4.34. The van der Waals surface area contributed by atoms with Gasteiger partial charge in [-0.15, -0.1) is 11.3 Å². The van der Waals surface area contributed by atoms with E-state index in [1.54, 1.807) is 11.3 Å². The van der Waals surface area contributed by atoms with E-state index in [9.17, 15) is 4.79 Å². The van der Waals surface area contributed by atoms with Crippen molar-refractivity contribution < 1.29 is 4.79 Å². The highest BCUT2D eigenvalue weighted by molar-refractivity contribution is 7.10. The maximum atomic E-state index is 12.2. The van der Waals surface area contributed by atoms with Gasteiger partial charge in [0.25, 0.3) is 0 Å². The van der Waals surface area contributed by atoms with E-state index in [1.165, 1.54) is 6.42 Å². The second-order valence-electron chi connectivity index (χ2n) is 4.90. The summed E-state index contributed by atoms with van der Waals surface area (Å²) >= 11 is 1.55. The number of hydrogen-bond acceptors (Lipinski definition) is 4. The summed E-state index contributed by atoms with van der Waals surface area (Å²) in [5.41, 5.74) is 0.691. The third-order valence-corrected chi connectivity index (χ3v) is 4.34. The van der Waals surface area contributed by atoms with Crippen LogP contribution in [0.4, 0.5) is 0 Å². The first kappa shape index (κ1) is 14.0. The molecule has 5 heteroatoms. The number of nitriles is 1. The van der Waals surface area contributed by atoms with Crippen molar-refractivity contribution >= 4 is 17.2 Å². The molecule has 0 aliphatic carbocycles. The highest BCUT2D eigenvalue weighted by Crippen LogP contribution is 2.14. The van der Waals surface area contributed by atoms with Crippen LogP contribution in [0.2, 0.25) is 0 Å². The van der Waals surface area contributed by atoms with E-state index in [4.69, 9.17) is 5.26 Å². The molecule has 1 aliphatic rings. The number of nitrogens with zero attached hydrogens (tertiary/aromatic N) is 2. The molecule has 1 fully saturated rings. The first-order valence-electron chi connectivity index (χ1n) is 6.70. The van der Waals surface area contributed by atoms with Gasteiger partial charge < -0.3 is 10.2 Å². The lowest BCUT2D eigenvalue weighted by molar-refractivity contribution is -0.133. The topological polar surface area (TPSA) is 56.1 Å². The van der Waals surface area contributed by atoms with Crippen molar-refractivity contribution in [3.63, 3.8) is 0 Å². The van der Waals surface area contributed by atoms with Crippen LogP contribution in [0.5, 0.6) is 0 Å². The van der Waals surface area contributed by atoms with Crippen molar-refractivity contribution in [2.24, 2.45) is 0 Å². The van der Waals surface area contributed by atoms with Crippen LogP contribution < -0.4 is 5.32 Å². The molecule has 2 rings (SSSR count). The number of carbonyl (C=O) groups is 1. The third-order valence-electron chi connectivity index (χ3n) is 3.40. The number of piperidine rings is 1. The standard InChI is InChI=1S/C14H19N3OS/c1-11(14(18)17-5-3-2-4-6-17)16-9-13-7-12(8-15)10-19-13/h7,10-11,16H,2-6,9H2,1H3. The van der Waals surface area contributed by atoms with Crippen LogP contribution in [0.25, 0.3) is 0 Å². The second-order valence-corrected chi connectivity index (χ2v) is 5.90. The lowest BCUT2D eigenvalue weighted by Crippen LogP contribution is -2.46. The normalized spacial score (nSPS) is 16.9. The van der Waals surface area contributed by atoms with Gasteiger partial charge in [0.05, 0.1) is 11.6 Å². The van der Waals surface area contributed by atoms with E-state index < -0.39 is 0 Å². The summed E-state index contributed by atoms with van der Waals surface area (Å²) in [4.78, 5) is 15.2. The minimum atomic E-state index is -0.161. The van der Waals surface area contributed by atoms with Gasteiger partial charge in [0.2, 0.25) is 5.91 Å². The quantitative estimate of drug-likeness (QED) is 0.917. The first-order chi connectivity index (χ1) is 9.20. The summed E-state index contributed by atoms with van der Waals surface area (Å²) in [7, 11) is 0. The molecule has 4 nitrogen and oxygen atoms in total. The largest absolute Gasteiger partial charge is 0.341 e. The molecule has 1 amide bonds. The van der Waals surface area contributed by atoms with E-state index >= 15 is 0 Å². The number of amides is 1. The number of thiophene rings is 1. The Hall–Kier alpha value is -1.38. The van der Waals surface area contributed by atoms with E-state index in [0.717, 1.165) is 30.8 Å². The Morgan fingerprint density at radius 2 is 2.26 bits per heavy atom. The highest BCUT2D eigenvalue weighted by atomic mass is 32.1. The van der Waals surface area contributed by atoms with Crippen LogP contribution in [0, 0.1) is 11.3 Å². The third kappa shape index (κ3) is 3.79. The van der Waals surface area contributed by atoms with Crippen LogP contribution >= 0.6 is 11.3 Å². The Balaban J connectivity index is 1.81. The van der Waals surface area contributed by atoms with Crippen molar-refractivity contribution in [2.75, 3.05) is 13.1 Å². The van der Waals surface area contributed by atoms with Crippen molar-refractivity contribution in [2.45, 2.75) is 38.8 Å². The average Bonchev–Trinajstić information content (AvgIpc) is 2.93. The van der Waals surface area contributed by atoms with Gasteiger partial charge in [0.15, 0.2) is 0 Å². The molecule has 1 unspecified atom stereocenters. The van der Waals surface area contributed by atoms with Crippen LogP contribution in [-0.4, -0.2) is 29.9 Å². The predicted octanol–water partition coefficient (Wildman–Crippen LogP) is 2.11. The Kier molecular flexibility index (Phi) is 4.94. The monoisotopic (exact) mass is 277 g/mol. The lowest BCUT2D eigenvalue weighted by atomic mass is 10.1. The summed E-state index contributed by atoms with van der Waals surface area (Å²) < 4.78 is 0. The molecular weight excluding hydrogens is 258 g/mol. The fourth-order valence-electron chi connectivity index (χ4n) is 2.26. The number of rotatable bonds is 4. The van der Waals surface area contributed by atoms with Gasteiger partial charge in [0.1, 0.15) is 6.07 Å². The minimum Gasteiger partial charge on any atom is -0.341 e.